The first-order valence-electron chi connectivity index (χ1n) is 11.2. The quantitative estimate of drug-likeness (QED) is 0.417. The number of hydrogen-bond donors (Lipinski definition) is 1. The lowest BCUT2D eigenvalue weighted by Gasteiger charge is -2.19. The van der Waals surface area contributed by atoms with Gasteiger partial charge in [0.2, 0.25) is 21.7 Å². The predicted octanol–water partition coefficient (Wildman–Crippen LogP) is 4.06. The summed E-state index contributed by atoms with van der Waals surface area (Å²) in [6, 6.07) is 18.9. The van der Waals surface area contributed by atoms with Crippen molar-refractivity contribution < 1.29 is 12.9 Å². The van der Waals surface area contributed by atoms with Crippen molar-refractivity contribution in [1.82, 2.24) is 19.8 Å². The Hall–Kier alpha value is -2.55. The molecule has 172 valence electrons. The van der Waals surface area contributed by atoms with E-state index in [2.05, 4.69) is 33.6 Å². The Labute approximate surface area is 190 Å². The minimum absolute atomic E-state index is 0.0605. The molecule has 3 aromatic rings. The third-order valence-corrected chi connectivity index (χ3v) is 6.91. The molecule has 1 aromatic heterocycles. The zero-order chi connectivity index (χ0) is 22.8. The van der Waals surface area contributed by atoms with Crippen LogP contribution in [-0.4, -0.2) is 48.8 Å². The Morgan fingerprint density at radius 2 is 1.66 bits per heavy atom. The maximum absolute atomic E-state index is 12.8. The first-order chi connectivity index (χ1) is 15.5. The Morgan fingerprint density at radius 3 is 2.31 bits per heavy atom. The Kier molecular flexibility index (Phi) is 8.96. The monoisotopic (exact) mass is 456 g/mol. The van der Waals surface area contributed by atoms with Gasteiger partial charge in [-0.15, -0.1) is 0 Å². The molecule has 0 aliphatic rings. The van der Waals surface area contributed by atoms with Crippen molar-refractivity contribution in [2.24, 2.45) is 0 Å². The molecule has 0 bridgehead atoms. The molecule has 0 radical (unpaired) electrons. The van der Waals surface area contributed by atoms with Crippen LogP contribution in [0.5, 0.6) is 0 Å². The molecule has 8 heteroatoms. The van der Waals surface area contributed by atoms with Crippen molar-refractivity contribution in [1.29, 1.82) is 0 Å². The second kappa shape index (κ2) is 11.9. The summed E-state index contributed by atoms with van der Waals surface area (Å²) in [6.07, 6.45) is 1.79. The van der Waals surface area contributed by atoms with Crippen LogP contribution in [0.2, 0.25) is 0 Å². The first kappa shape index (κ1) is 24.1. The van der Waals surface area contributed by atoms with Crippen LogP contribution in [0.1, 0.15) is 44.2 Å². The van der Waals surface area contributed by atoms with Gasteiger partial charge < -0.3 is 9.42 Å². The molecule has 1 heterocycles. The summed E-state index contributed by atoms with van der Waals surface area (Å²) >= 11 is 0. The van der Waals surface area contributed by atoms with E-state index in [-0.39, 0.29) is 11.6 Å². The highest BCUT2D eigenvalue weighted by Gasteiger charge is 2.25. The van der Waals surface area contributed by atoms with Gasteiger partial charge in [-0.2, -0.15) is 4.98 Å². The van der Waals surface area contributed by atoms with Crippen LogP contribution in [0.4, 0.5) is 0 Å². The highest BCUT2D eigenvalue weighted by atomic mass is 32.2. The molecule has 32 heavy (non-hydrogen) atoms. The van der Waals surface area contributed by atoms with Crippen LogP contribution in [0.3, 0.4) is 0 Å². The van der Waals surface area contributed by atoms with Crippen molar-refractivity contribution >= 4 is 10.0 Å². The van der Waals surface area contributed by atoms with Gasteiger partial charge in [0.05, 0.1) is 5.75 Å². The molecule has 0 aliphatic carbocycles. The molecular formula is C24H32N4O3S. The van der Waals surface area contributed by atoms with E-state index in [4.69, 9.17) is 4.52 Å². The number of rotatable bonds is 13. The SMILES string of the molecule is CCN(CC)CCCS(=O)(=O)N[C@H](CCc1ccccc1)c1nc(-c2ccccc2)no1. The standard InChI is InChI=1S/C24H32N4O3S/c1-3-28(4-2)18-11-19-32(29,30)27-22(17-16-20-12-7-5-8-13-20)24-25-23(26-31-24)21-14-9-6-10-15-21/h5-10,12-15,22,27H,3-4,11,16-19H2,1-2H3/t22-/m1/s1. The van der Waals surface area contributed by atoms with Crippen LogP contribution in [-0.2, 0) is 16.4 Å². The largest absolute Gasteiger partial charge is 0.337 e. The molecule has 3 rings (SSSR count). The Morgan fingerprint density at radius 1 is 1.00 bits per heavy atom. The first-order valence-corrected chi connectivity index (χ1v) is 12.8. The van der Waals surface area contributed by atoms with E-state index >= 15 is 0 Å². The zero-order valence-corrected chi connectivity index (χ0v) is 19.6. The van der Waals surface area contributed by atoms with Gasteiger partial charge in [-0.05, 0) is 44.5 Å². The summed E-state index contributed by atoms with van der Waals surface area (Å²) in [6.45, 7) is 6.73. The molecule has 0 saturated carbocycles. The molecule has 0 spiro atoms. The van der Waals surface area contributed by atoms with Gasteiger partial charge >= 0.3 is 0 Å². The molecule has 0 aliphatic heterocycles. The molecule has 0 saturated heterocycles. The summed E-state index contributed by atoms with van der Waals surface area (Å²) in [5, 5.41) is 4.07. The summed E-state index contributed by atoms with van der Waals surface area (Å²) in [5.74, 6) is 0.795. The zero-order valence-electron chi connectivity index (χ0n) is 18.8. The van der Waals surface area contributed by atoms with Crippen molar-refractivity contribution in [2.75, 3.05) is 25.4 Å². The van der Waals surface area contributed by atoms with Gasteiger partial charge in [0, 0.05) is 5.56 Å². The van der Waals surface area contributed by atoms with Crippen LogP contribution in [0.15, 0.2) is 65.2 Å². The van der Waals surface area contributed by atoms with Crippen molar-refractivity contribution in [3.63, 3.8) is 0 Å². The fraction of sp³-hybridized carbons (Fsp3) is 0.417. The van der Waals surface area contributed by atoms with E-state index < -0.39 is 16.1 Å². The highest BCUT2D eigenvalue weighted by Crippen LogP contribution is 2.23. The summed E-state index contributed by atoms with van der Waals surface area (Å²) < 4.78 is 34.0. The van der Waals surface area contributed by atoms with E-state index in [1.807, 2.05) is 60.7 Å². The van der Waals surface area contributed by atoms with Gasteiger partial charge in [0.1, 0.15) is 6.04 Å². The van der Waals surface area contributed by atoms with Crippen molar-refractivity contribution in [3.8, 4) is 11.4 Å². The number of aryl methyl sites for hydroxylation is 1. The molecular weight excluding hydrogens is 424 g/mol. The topological polar surface area (TPSA) is 88.3 Å². The van der Waals surface area contributed by atoms with E-state index in [1.165, 1.54) is 0 Å². The lowest BCUT2D eigenvalue weighted by Crippen LogP contribution is -2.33. The van der Waals surface area contributed by atoms with Gasteiger partial charge in [-0.1, -0.05) is 79.7 Å². The average Bonchev–Trinajstić information content (AvgIpc) is 3.31. The molecule has 0 amide bonds. The third kappa shape index (κ3) is 7.25. The summed E-state index contributed by atoms with van der Waals surface area (Å²) in [5.41, 5.74) is 1.95. The number of benzene rings is 2. The number of nitrogens with one attached hydrogen (secondary N) is 1. The molecule has 0 unspecified atom stereocenters. The lowest BCUT2D eigenvalue weighted by atomic mass is 10.1. The van der Waals surface area contributed by atoms with Crippen LogP contribution < -0.4 is 4.72 Å². The van der Waals surface area contributed by atoms with E-state index in [1.54, 1.807) is 0 Å². The fourth-order valence-corrected chi connectivity index (χ4v) is 4.84. The second-order valence-corrected chi connectivity index (χ2v) is 9.59. The minimum atomic E-state index is -3.51. The van der Waals surface area contributed by atoms with Crippen LogP contribution in [0.25, 0.3) is 11.4 Å². The maximum Gasteiger partial charge on any atom is 0.245 e. The number of hydrogen-bond acceptors (Lipinski definition) is 6. The second-order valence-electron chi connectivity index (χ2n) is 7.72. The van der Waals surface area contributed by atoms with Crippen molar-refractivity contribution in [2.45, 2.75) is 39.2 Å². The van der Waals surface area contributed by atoms with E-state index in [9.17, 15) is 8.42 Å². The minimum Gasteiger partial charge on any atom is -0.337 e. The van der Waals surface area contributed by atoms with Gasteiger partial charge in [-0.25, -0.2) is 13.1 Å². The molecule has 0 fully saturated rings. The van der Waals surface area contributed by atoms with E-state index in [0.29, 0.717) is 25.1 Å². The Balaban J connectivity index is 1.72. The molecule has 2 aromatic carbocycles. The van der Waals surface area contributed by atoms with Crippen molar-refractivity contribution in [3.05, 3.63) is 72.1 Å². The third-order valence-electron chi connectivity index (χ3n) is 5.44. The maximum atomic E-state index is 12.8. The van der Waals surface area contributed by atoms with Gasteiger partial charge in [0.15, 0.2) is 0 Å². The number of nitrogens with zero attached hydrogens (tertiary/aromatic N) is 3. The average molecular weight is 457 g/mol. The van der Waals surface area contributed by atoms with Crippen LogP contribution in [0, 0.1) is 0 Å². The molecule has 1 atom stereocenters. The van der Waals surface area contributed by atoms with Crippen LogP contribution >= 0.6 is 0 Å². The normalized spacial score (nSPS) is 12.8. The lowest BCUT2D eigenvalue weighted by molar-refractivity contribution is 0.304. The summed E-state index contributed by atoms with van der Waals surface area (Å²) in [7, 11) is -3.51. The predicted molar refractivity (Wildman–Crippen MR) is 127 cm³/mol. The fourth-order valence-electron chi connectivity index (χ4n) is 3.56. The highest BCUT2D eigenvalue weighted by molar-refractivity contribution is 7.89. The van der Waals surface area contributed by atoms with E-state index in [0.717, 1.165) is 30.8 Å². The van der Waals surface area contributed by atoms with Gasteiger partial charge in [0.25, 0.3) is 0 Å². The summed E-state index contributed by atoms with van der Waals surface area (Å²) in [4.78, 5) is 6.71. The smallest absolute Gasteiger partial charge is 0.245 e. The number of sulfonamides is 1. The molecule has 1 N–H and O–H groups in total. The molecule has 7 nitrogen and oxygen atoms in total. The van der Waals surface area contributed by atoms with Gasteiger partial charge in [-0.3, -0.25) is 0 Å². The Bertz CT molecular complexity index is 1040. The number of aromatic nitrogens is 2.